The van der Waals surface area contributed by atoms with E-state index in [4.69, 9.17) is 4.74 Å². The number of nitrogens with zero attached hydrogens (tertiary/aromatic N) is 1. The largest absolute Gasteiger partial charge is 0.449 e. The molecule has 0 heterocycles. The van der Waals surface area contributed by atoms with Gasteiger partial charge in [0.05, 0.1) is 32.0 Å². The molecule has 11 atom stereocenters. The molecule has 214 valence electrons. The molecule has 7 heteroatoms. The average molecular weight is 524 g/mol. The summed E-state index contributed by atoms with van der Waals surface area (Å²) in [5, 5.41) is 40.7. The first-order valence-corrected chi connectivity index (χ1v) is 15.1. The van der Waals surface area contributed by atoms with E-state index in [-0.39, 0.29) is 55.3 Å². The number of rotatable bonds is 9. The summed E-state index contributed by atoms with van der Waals surface area (Å²) >= 11 is 0. The highest BCUT2D eigenvalue weighted by molar-refractivity contribution is 5.67. The maximum absolute atomic E-state index is 12.4. The van der Waals surface area contributed by atoms with Crippen molar-refractivity contribution in [1.82, 2.24) is 4.90 Å². The summed E-state index contributed by atoms with van der Waals surface area (Å²) < 4.78 is 5.53. The molecule has 0 aromatic heterocycles. The van der Waals surface area contributed by atoms with Gasteiger partial charge in [0.15, 0.2) is 0 Å². The van der Waals surface area contributed by atoms with E-state index in [9.17, 15) is 25.2 Å². The second-order valence-corrected chi connectivity index (χ2v) is 13.4. The molecule has 0 spiro atoms. The summed E-state index contributed by atoms with van der Waals surface area (Å²) in [6.45, 7) is 9.85. The standard InChI is InChI=1S/C30H53NO6/c1-5-21-25-18-20(34)8-11-30(25,4)24-9-12-29(3)22(6-7-23(29)26(24)27(21)35)19(2)10-17-37-28(36)31(13-15-32)14-16-33/h19-27,32-35H,5-18H2,1-4H3/t19-,20-,21-,22-,23+,24+,25?,26+,27-,29?,30?/m1/s1. The van der Waals surface area contributed by atoms with Crippen LogP contribution < -0.4 is 0 Å². The van der Waals surface area contributed by atoms with Crippen molar-refractivity contribution in [2.45, 2.75) is 97.7 Å². The van der Waals surface area contributed by atoms with E-state index in [1.165, 1.54) is 30.6 Å². The normalized spacial score (nSPS) is 43.9. The zero-order chi connectivity index (χ0) is 27.0. The molecular formula is C30H53NO6. The fourth-order valence-electron chi connectivity index (χ4n) is 10.1. The first kappa shape index (κ1) is 29.1. The van der Waals surface area contributed by atoms with Gasteiger partial charge in [-0.3, -0.25) is 0 Å². The Balaban J connectivity index is 1.43. The summed E-state index contributed by atoms with van der Waals surface area (Å²) in [5.74, 6) is 3.08. The lowest BCUT2D eigenvalue weighted by Crippen LogP contribution is -2.62. The van der Waals surface area contributed by atoms with Gasteiger partial charge in [0, 0.05) is 13.1 Å². The van der Waals surface area contributed by atoms with Crippen LogP contribution in [0.4, 0.5) is 4.79 Å². The summed E-state index contributed by atoms with van der Waals surface area (Å²) in [6, 6.07) is 0. The van der Waals surface area contributed by atoms with Gasteiger partial charge in [0.2, 0.25) is 0 Å². The average Bonchev–Trinajstić information content (AvgIpc) is 3.22. The van der Waals surface area contributed by atoms with Crippen molar-refractivity contribution in [2.75, 3.05) is 32.9 Å². The van der Waals surface area contributed by atoms with Gasteiger partial charge in [-0.25, -0.2) is 4.79 Å². The second-order valence-electron chi connectivity index (χ2n) is 13.4. The van der Waals surface area contributed by atoms with Crippen LogP contribution in [0.25, 0.3) is 0 Å². The number of carbonyl (C=O) groups is 1. The number of hydrogen-bond acceptors (Lipinski definition) is 6. The van der Waals surface area contributed by atoms with Gasteiger partial charge >= 0.3 is 6.09 Å². The maximum atomic E-state index is 12.4. The number of amides is 1. The van der Waals surface area contributed by atoms with Gasteiger partial charge < -0.3 is 30.1 Å². The number of aliphatic hydroxyl groups excluding tert-OH is 4. The molecule has 4 saturated carbocycles. The molecule has 0 saturated heterocycles. The summed E-state index contributed by atoms with van der Waals surface area (Å²) in [4.78, 5) is 13.7. The smallest absolute Gasteiger partial charge is 0.409 e. The Morgan fingerprint density at radius 1 is 0.973 bits per heavy atom. The molecule has 7 nitrogen and oxygen atoms in total. The third-order valence-electron chi connectivity index (χ3n) is 11.9. The van der Waals surface area contributed by atoms with Crippen molar-refractivity contribution < 1.29 is 30.0 Å². The zero-order valence-corrected chi connectivity index (χ0v) is 23.6. The molecule has 1 amide bonds. The Morgan fingerprint density at radius 2 is 1.62 bits per heavy atom. The fourth-order valence-corrected chi connectivity index (χ4v) is 10.1. The molecule has 4 fully saturated rings. The molecule has 3 unspecified atom stereocenters. The number of carbonyl (C=O) groups excluding carboxylic acids is 1. The summed E-state index contributed by atoms with van der Waals surface area (Å²) in [6.07, 6.45) is 8.37. The maximum Gasteiger partial charge on any atom is 0.409 e. The van der Waals surface area contributed by atoms with Crippen molar-refractivity contribution in [3.05, 3.63) is 0 Å². The monoisotopic (exact) mass is 523 g/mol. The van der Waals surface area contributed by atoms with Gasteiger partial charge in [-0.05, 0) is 104 Å². The van der Waals surface area contributed by atoms with E-state index in [0.29, 0.717) is 42.1 Å². The minimum absolute atomic E-state index is 0.152. The van der Waals surface area contributed by atoms with Crippen molar-refractivity contribution in [2.24, 2.45) is 52.3 Å². The minimum Gasteiger partial charge on any atom is -0.449 e. The Kier molecular flexibility index (Phi) is 9.20. The first-order valence-electron chi connectivity index (χ1n) is 15.1. The van der Waals surface area contributed by atoms with Crippen molar-refractivity contribution in [3.8, 4) is 0 Å². The highest BCUT2D eigenvalue weighted by Gasteiger charge is 2.64. The van der Waals surface area contributed by atoms with Crippen LogP contribution in [-0.4, -0.2) is 76.5 Å². The minimum atomic E-state index is -0.470. The topological polar surface area (TPSA) is 110 Å². The molecule has 4 N–H and O–H groups in total. The lowest BCUT2D eigenvalue weighted by molar-refractivity contribution is -0.203. The fraction of sp³-hybridized carbons (Fsp3) is 0.967. The van der Waals surface area contributed by atoms with Gasteiger partial charge in [-0.2, -0.15) is 0 Å². The summed E-state index contributed by atoms with van der Waals surface area (Å²) in [7, 11) is 0. The van der Waals surface area contributed by atoms with Gasteiger partial charge in [-0.1, -0.05) is 34.1 Å². The van der Waals surface area contributed by atoms with Crippen LogP contribution in [0.15, 0.2) is 0 Å². The zero-order valence-electron chi connectivity index (χ0n) is 23.6. The number of aliphatic hydroxyl groups is 4. The Labute approximate surface area is 224 Å². The predicted molar refractivity (Wildman–Crippen MR) is 143 cm³/mol. The van der Waals surface area contributed by atoms with Crippen LogP contribution in [0.2, 0.25) is 0 Å². The van der Waals surface area contributed by atoms with Crippen LogP contribution in [0, 0.1) is 52.3 Å². The molecular weight excluding hydrogens is 470 g/mol. The third-order valence-corrected chi connectivity index (χ3v) is 11.9. The van der Waals surface area contributed by atoms with Crippen LogP contribution in [0.1, 0.15) is 85.5 Å². The molecule has 0 aliphatic heterocycles. The SMILES string of the molecule is CC[C@@H]1C2C[C@H](O)CCC2(C)[C@H]2CCC3(C)[C@@H]([C@H](C)CCOC(=O)N(CCO)CCO)CC[C@H]3[C@@H]2[C@@H]1O. The Hall–Kier alpha value is -0.890. The molecule has 4 aliphatic carbocycles. The van der Waals surface area contributed by atoms with Gasteiger partial charge in [0.25, 0.3) is 0 Å². The molecule has 37 heavy (non-hydrogen) atoms. The molecule has 0 aromatic rings. The highest BCUT2D eigenvalue weighted by atomic mass is 16.6. The van der Waals surface area contributed by atoms with E-state index in [0.717, 1.165) is 32.1 Å². The van der Waals surface area contributed by atoms with Crippen LogP contribution in [0.5, 0.6) is 0 Å². The van der Waals surface area contributed by atoms with E-state index in [1.807, 2.05) is 0 Å². The van der Waals surface area contributed by atoms with E-state index >= 15 is 0 Å². The highest BCUT2D eigenvalue weighted by Crippen LogP contribution is 2.69. The van der Waals surface area contributed by atoms with Crippen molar-refractivity contribution in [3.63, 3.8) is 0 Å². The number of hydrogen-bond donors (Lipinski definition) is 4. The molecule has 0 radical (unpaired) electrons. The van der Waals surface area contributed by atoms with E-state index in [2.05, 4.69) is 27.7 Å². The van der Waals surface area contributed by atoms with Crippen LogP contribution in [0.3, 0.4) is 0 Å². The molecule has 0 bridgehead atoms. The summed E-state index contributed by atoms with van der Waals surface area (Å²) in [5.41, 5.74) is 0.416. The lowest BCUT2D eigenvalue weighted by atomic mass is 9.41. The quantitative estimate of drug-likeness (QED) is 0.363. The predicted octanol–water partition coefficient (Wildman–Crippen LogP) is 4.06. The van der Waals surface area contributed by atoms with Crippen LogP contribution in [-0.2, 0) is 4.74 Å². The first-order chi connectivity index (χ1) is 17.6. The van der Waals surface area contributed by atoms with Crippen molar-refractivity contribution >= 4 is 6.09 Å². The Bertz CT molecular complexity index is 773. The number of fused-ring (bicyclic) bond motifs is 5. The third kappa shape index (κ3) is 5.19. The Morgan fingerprint density at radius 3 is 2.27 bits per heavy atom. The molecule has 4 aliphatic rings. The van der Waals surface area contributed by atoms with Crippen LogP contribution >= 0.6 is 0 Å². The molecule has 4 rings (SSSR count). The van der Waals surface area contributed by atoms with E-state index in [1.54, 1.807) is 0 Å². The lowest BCUT2D eigenvalue weighted by Gasteiger charge is -2.64. The number of ether oxygens (including phenoxy) is 1. The molecule has 0 aromatic carbocycles. The van der Waals surface area contributed by atoms with Gasteiger partial charge in [0.1, 0.15) is 0 Å². The van der Waals surface area contributed by atoms with E-state index < -0.39 is 6.09 Å². The van der Waals surface area contributed by atoms with Gasteiger partial charge in [-0.15, -0.1) is 0 Å². The van der Waals surface area contributed by atoms with Crippen molar-refractivity contribution in [1.29, 1.82) is 0 Å². The second kappa shape index (κ2) is 11.7.